The van der Waals surface area contributed by atoms with E-state index in [1.807, 2.05) is 6.07 Å². The molecule has 2 heteroatoms. The molecule has 1 aliphatic carbocycles. The predicted molar refractivity (Wildman–Crippen MR) is 93.3 cm³/mol. The van der Waals surface area contributed by atoms with Crippen LogP contribution in [-0.2, 0) is 13.5 Å². The predicted octanol–water partition coefficient (Wildman–Crippen LogP) is 4.07. The van der Waals surface area contributed by atoms with Crippen LogP contribution >= 0.6 is 0 Å². The summed E-state index contributed by atoms with van der Waals surface area (Å²) in [5, 5.41) is 0. The molecule has 114 valence electrons. The second-order valence-electron chi connectivity index (χ2n) is 6.33. The summed E-state index contributed by atoms with van der Waals surface area (Å²) < 4.78 is 24.9. The Kier molecular flexibility index (Phi) is 2.43. The lowest BCUT2D eigenvalue weighted by Crippen LogP contribution is -2.30. The molecule has 0 spiro atoms. The van der Waals surface area contributed by atoms with Crippen molar-refractivity contribution in [2.75, 3.05) is 0 Å². The molecule has 0 N–H and O–H groups in total. The summed E-state index contributed by atoms with van der Waals surface area (Å²) in [5.74, 6) is 0. The molecule has 23 heavy (non-hydrogen) atoms. The molecule has 0 amide bonds. The van der Waals surface area contributed by atoms with E-state index in [4.69, 9.17) is 4.11 Å². The number of aromatic nitrogens is 2. The quantitative estimate of drug-likeness (QED) is 0.484. The van der Waals surface area contributed by atoms with E-state index in [0.29, 0.717) is 6.42 Å². The van der Waals surface area contributed by atoms with Crippen LogP contribution in [0.25, 0.3) is 22.4 Å². The third-order valence-corrected chi connectivity index (χ3v) is 4.79. The van der Waals surface area contributed by atoms with Crippen molar-refractivity contribution >= 4 is 0 Å². The molecule has 4 rings (SSSR count). The van der Waals surface area contributed by atoms with E-state index < -0.39 is 6.85 Å². The van der Waals surface area contributed by atoms with Crippen LogP contribution in [0.5, 0.6) is 0 Å². The number of aryl methyl sites for hydroxylation is 3. The monoisotopic (exact) mass is 304 g/mol. The normalized spacial score (nSPS) is 14.7. The standard InChI is InChI=1S/C21H21N2/c1-13-9-10-23(4)21(11-13)16-7-8-17-18-6-5-14(2)22-20(18)12-19(17)15(16)3/h5-11H,12H2,1-4H3/q+1/i2D3. The van der Waals surface area contributed by atoms with Crippen molar-refractivity contribution in [2.24, 2.45) is 7.05 Å². The first-order chi connectivity index (χ1) is 12.3. The molecule has 2 aromatic heterocycles. The Labute approximate surface area is 141 Å². The molecule has 0 saturated heterocycles. The third-order valence-electron chi connectivity index (χ3n) is 4.79. The first-order valence-electron chi connectivity index (χ1n) is 9.35. The topological polar surface area (TPSA) is 16.8 Å². The van der Waals surface area contributed by atoms with Gasteiger partial charge in [-0.1, -0.05) is 12.1 Å². The van der Waals surface area contributed by atoms with Crippen molar-refractivity contribution in [2.45, 2.75) is 27.1 Å². The van der Waals surface area contributed by atoms with E-state index in [9.17, 15) is 0 Å². The van der Waals surface area contributed by atoms with E-state index >= 15 is 0 Å². The molecule has 0 aliphatic heterocycles. The van der Waals surface area contributed by atoms with Crippen LogP contribution in [-0.4, -0.2) is 4.98 Å². The highest BCUT2D eigenvalue weighted by Crippen LogP contribution is 2.40. The number of fused-ring (bicyclic) bond motifs is 3. The Morgan fingerprint density at radius 1 is 1.04 bits per heavy atom. The van der Waals surface area contributed by atoms with Crippen LogP contribution in [0, 0.1) is 20.7 Å². The number of pyridine rings is 2. The largest absolute Gasteiger partial charge is 0.257 e. The van der Waals surface area contributed by atoms with Gasteiger partial charge in [0.25, 0.3) is 0 Å². The van der Waals surface area contributed by atoms with Crippen LogP contribution in [0.1, 0.15) is 32.2 Å². The lowest BCUT2D eigenvalue weighted by Gasteiger charge is -2.10. The third kappa shape index (κ3) is 2.17. The Bertz CT molecular complexity index is 1040. The van der Waals surface area contributed by atoms with Crippen LogP contribution < -0.4 is 4.57 Å². The zero-order valence-corrected chi connectivity index (χ0v) is 13.6. The summed E-state index contributed by atoms with van der Waals surface area (Å²) in [4.78, 5) is 4.45. The molecular weight excluding hydrogens is 280 g/mol. The highest BCUT2D eigenvalue weighted by molar-refractivity contribution is 5.80. The molecule has 0 saturated carbocycles. The minimum absolute atomic E-state index is 0.173. The second-order valence-corrected chi connectivity index (χ2v) is 6.33. The van der Waals surface area contributed by atoms with Crippen molar-refractivity contribution in [3.63, 3.8) is 0 Å². The molecule has 0 radical (unpaired) electrons. The van der Waals surface area contributed by atoms with Crippen LogP contribution in [0.3, 0.4) is 0 Å². The van der Waals surface area contributed by atoms with Crippen molar-refractivity contribution < 1.29 is 8.68 Å². The Morgan fingerprint density at radius 2 is 1.83 bits per heavy atom. The molecule has 3 aromatic rings. The van der Waals surface area contributed by atoms with Gasteiger partial charge in [-0.05, 0) is 55.1 Å². The molecule has 0 fully saturated rings. The zero-order chi connectivity index (χ0) is 18.6. The Morgan fingerprint density at radius 3 is 2.65 bits per heavy atom. The fourth-order valence-electron chi connectivity index (χ4n) is 3.51. The number of hydrogen-bond donors (Lipinski definition) is 0. The molecule has 2 heterocycles. The highest BCUT2D eigenvalue weighted by atomic mass is 14.9. The van der Waals surface area contributed by atoms with Crippen molar-refractivity contribution in [1.82, 2.24) is 4.98 Å². The van der Waals surface area contributed by atoms with E-state index in [-0.39, 0.29) is 5.69 Å². The minimum atomic E-state index is -2.17. The van der Waals surface area contributed by atoms with Gasteiger partial charge in [0.1, 0.15) is 7.05 Å². The lowest BCUT2D eigenvalue weighted by atomic mass is 9.94. The molecule has 2 nitrogen and oxygen atoms in total. The summed E-state index contributed by atoms with van der Waals surface area (Å²) in [6.07, 6.45) is 2.76. The number of rotatable bonds is 1. The van der Waals surface area contributed by atoms with Crippen molar-refractivity contribution in [3.8, 4) is 22.4 Å². The van der Waals surface area contributed by atoms with Gasteiger partial charge in [0, 0.05) is 39.5 Å². The van der Waals surface area contributed by atoms with Crippen molar-refractivity contribution in [1.29, 1.82) is 0 Å². The van der Waals surface area contributed by atoms with Crippen LogP contribution in [0.4, 0.5) is 0 Å². The molecular formula is C21H21N2+. The molecule has 1 aromatic carbocycles. The number of nitrogens with zero attached hydrogens (tertiary/aromatic N) is 2. The smallest absolute Gasteiger partial charge is 0.212 e. The van der Waals surface area contributed by atoms with Gasteiger partial charge < -0.3 is 0 Å². The summed E-state index contributed by atoms with van der Waals surface area (Å²) in [6, 6.07) is 12.1. The average molecular weight is 304 g/mol. The second kappa shape index (κ2) is 5.02. The summed E-state index contributed by atoms with van der Waals surface area (Å²) in [6.45, 7) is 2.08. The van der Waals surface area contributed by atoms with Gasteiger partial charge in [0.05, 0.1) is 5.69 Å². The van der Waals surface area contributed by atoms with Gasteiger partial charge in [-0.3, -0.25) is 4.98 Å². The summed E-state index contributed by atoms with van der Waals surface area (Å²) in [7, 11) is 2.06. The van der Waals surface area contributed by atoms with E-state index in [1.54, 1.807) is 6.07 Å². The van der Waals surface area contributed by atoms with Gasteiger partial charge in [-0.2, -0.15) is 0 Å². The lowest BCUT2D eigenvalue weighted by molar-refractivity contribution is -0.660. The summed E-state index contributed by atoms with van der Waals surface area (Å²) >= 11 is 0. The van der Waals surface area contributed by atoms with Gasteiger partial charge >= 0.3 is 0 Å². The van der Waals surface area contributed by atoms with Gasteiger partial charge in [0.15, 0.2) is 6.20 Å². The molecule has 0 atom stereocenters. The van der Waals surface area contributed by atoms with Crippen LogP contribution in [0.15, 0.2) is 42.6 Å². The van der Waals surface area contributed by atoms with E-state index in [1.165, 1.54) is 33.5 Å². The SMILES string of the molecule is [2H]C([2H])([2H])c1ccc2c(n1)Cc1c-2ccc(-c2cc(C)cc[n+]2C)c1C. The zero-order valence-electron chi connectivity index (χ0n) is 16.6. The van der Waals surface area contributed by atoms with Gasteiger partial charge in [0.2, 0.25) is 5.69 Å². The van der Waals surface area contributed by atoms with Crippen LogP contribution in [0.2, 0.25) is 0 Å². The molecule has 1 aliphatic rings. The van der Waals surface area contributed by atoms with E-state index in [2.05, 4.69) is 60.9 Å². The number of hydrogen-bond acceptors (Lipinski definition) is 1. The molecule has 0 bridgehead atoms. The summed E-state index contributed by atoms with van der Waals surface area (Å²) in [5.41, 5.74) is 9.35. The van der Waals surface area contributed by atoms with Crippen molar-refractivity contribution in [3.05, 3.63) is 70.7 Å². The average Bonchev–Trinajstić information content (AvgIpc) is 2.96. The maximum atomic E-state index is 7.60. The maximum absolute atomic E-state index is 7.60. The van der Waals surface area contributed by atoms with E-state index in [0.717, 1.165) is 11.3 Å². The Hall–Kier alpha value is -2.48. The minimum Gasteiger partial charge on any atom is -0.257 e. The fourth-order valence-corrected chi connectivity index (χ4v) is 3.51. The first-order valence-corrected chi connectivity index (χ1v) is 7.85. The van der Waals surface area contributed by atoms with Gasteiger partial charge in [-0.25, -0.2) is 4.57 Å². The first kappa shape index (κ1) is 11.1. The maximum Gasteiger partial charge on any atom is 0.212 e. The van der Waals surface area contributed by atoms with Gasteiger partial charge in [-0.15, -0.1) is 0 Å². The number of benzene rings is 1. The highest BCUT2D eigenvalue weighted by Gasteiger charge is 2.24. The Balaban J connectivity index is 1.84. The fraction of sp³-hybridized carbons (Fsp3) is 0.238. The molecule has 0 unspecified atom stereocenters.